The summed E-state index contributed by atoms with van der Waals surface area (Å²) in [5, 5.41) is 1.84. The van der Waals surface area contributed by atoms with Gasteiger partial charge in [0.25, 0.3) is 11.1 Å². The first kappa shape index (κ1) is 25.4. The molecule has 1 heterocycles. The lowest BCUT2D eigenvalue weighted by Crippen LogP contribution is -2.27. The van der Waals surface area contributed by atoms with Crippen LogP contribution in [0.25, 0.3) is 16.8 Å². The second-order valence-corrected chi connectivity index (χ2v) is 10.7. The maximum Gasteiger partial charge on any atom is 0.293 e. The van der Waals surface area contributed by atoms with E-state index in [1.807, 2.05) is 91.9 Å². The minimum atomic E-state index is -0.292. The van der Waals surface area contributed by atoms with Crippen LogP contribution >= 0.6 is 34.4 Å². The normalized spacial score (nSPS) is 14.5. The van der Waals surface area contributed by atoms with Crippen molar-refractivity contribution in [2.24, 2.45) is 0 Å². The summed E-state index contributed by atoms with van der Waals surface area (Å²) in [6.45, 7) is 3.04. The van der Waals surface area contributed by atoms with Gasteiger partial charge in [0.1, 0.15) is 6.61 Å². The summed E-state index contributed by atoms with van der Waals surface area (Å²) in [7, 11) is 0. The predicted octanol–water partition coefficient (Wildman–Crippen LogP) is 7.66. The van der Waals surface area contributed by atoms with Crippen LogP contribution < -0.4 is 9.47 Å². The molecule has 0 N–H and O–H groups in total. The standard InChI is InChI=1S/C30H24INO4S/c1-2-35-27-16-21(12-15-26(27)36-19-20-10-13-24(31)14-11-20)17-28-29(33)32(30(34)37-28)18-23-8-5-7-22-6-3-4-9-25(22)23/h3-17H,2,18-19H2,1H3/b28-17+. The molecule has 0 radical (unpaired) electrons. The van der Waals surface area contributed by atoms with Crippen LogP contribution in [0, 0.1) is 3.57 Å². The average Bonchev–Trinajstić information content (AvgIpc) is 3.17. The molecule has 2 amide bonds. The van der Waals surface area contributed by atoms with Crippen molar-refractivity contribution in [3.05, 3.63) is 110 Å². The molecule has 4 aromatic rings. The number of hydrogen-bond acceptors (Lipinski definition) is 5. The zero-order valence-corrected chi connectivity index (χ0v) is 23.1. The molecule has 0 unspecified atom stereocenters. The number of ether oxygens (including phenoxy) is 2. The van der Waals surface area contributed by atoms with Gasteiger partial charge in [-0.2, -0.15) is 0 Å². The molecule has 0 aromatic heterocycles. The smallest absolute Gasteiger partial charge is 0.293 e. The van der Waals surface area contributed by atoms with E-state index in [1.165, 1.54) is 8.47 Å². The third-order valence-corrected chi connectivity index (χ3v) is 7.58. The van der Waals surface area contributed by atoms with E-state index in [2.05, 4.69) is 22.6 Å². The number of rotatable bonds is 8. The maximum atomic E-state index is 13.2. The van der Waals surface area contributed by atoms with E-state index in [4.69, 9.17) is 9.47 Å². The molecule has 5 nitrogen and oxygen atoms in total. The fourth-order valence-electron chi connectivity index (χ4n) is 4.13. The van der Waals surface area contributed by atoms with Gasteiger partial charge in [-0.15, -0.1) is 0 Å². The van der Waals surface area contributed by atoms with Crippen LogP contribution in [0.3, 0.4) is 0 Å². The minimum Gasteiger partial charge on any atom is -0.490 e. The molecule has 0 bridgehead atoms. The number of amides is 2. The average molecular weight is 621 g/mol. The van der Waals surface area contributed by atoms with E-state index >= 15 is 0 Å². The van der Waals surface area contributed by atoms with E-state index in [1.54, 1.807) is 6.08 Å². The molecule has 0 saturated carbocycles. The molecule has 1 saturated heterocycles. The molecular weight excluding hydrogens is 597 g/mol. The number of thioether (sulfide) groups is 1. The highest BCUT2D eigenvalue weighted by Crippen LogP contribution is 2.36. The van der Waals surface area contributed by atoms with Gasteiger partial charge in [0.05, 0.1) is 18.1 Å². The molecule has 0 aliphatic carbocycles. The second-order valence-electron chi connectivity index (χ2n) is 8.46. The van der Waals surface area contributed by atoms with Crippen LogP contribution in [0.5, 0.6) is 11.5 Å². The summed E-state index contributed by atoms with van der Waals surface area (Å²) in [4.78, 5) is 27.6. The number of carbonyl (C=O) groups is 2. The van der Waals surface area contributed by atoms with E-state index in [9.17, 15) is 9.59 Å². The zero-order valence-electron chi connectivity index (χ0n) is 20.1. The van der Waals surface area contributed by atoms with Crippen molar-refractivity contribution in [2.45, 2.75) is 20.1 Å². The first-order chi connectivity index (χ1) is 18.0. The van der Waals surface area contributed by atoms with E-state index in [0.29, 0.717) is 29.6 Å². The number of benzene rings is 4. The highest BCUT2D eigenvalue weighted by molar-refractivity contribution is 14.1. The van der Waals surface area contributed by atoms with Crippen LogP contribution in [0.2, 0.25) is 0 Å². The van der Waals surface area contributed by atoms with Gasteiger partial charge < -0.3 is 9.47 Å². The summed E-state index contributed by atoms with van der Waals surface area (Å²) in [5.41, 5.74) is 2.77. The Kier molecular flexibility index (Phi) is 7.81. The predicted molar refractivity (Wildman–Crippen MR) is 157 cm³/mol. The first-order valence-corrected chi connectivity index (χ1v) is 13.8. The van der Waals surface area contributed by atoms with Crippen LogP contribution in [-0.2, 0) is 17.9 Å². The Hall–Kier alpha value is -3.30. The van der Waals surface area contributed by atoms with Crippen LogP contribution in [0.15, 0.2) is 89.8 Å². The van der Waals surface area contributed by atoms with Gasteiger partial charge in [-0.1, -0.05) is 60.7 Å². The number of halogens is 1. The van der Waals surface area contributed by atoms with Crippen molar-refractivity contribution in [1.82, 2.24) is 4.90 Å². The van der Waals surface area contributed by atoms with Gasteiger partial charge in [0.2, 0.25) is 0 Å². The van der Waals surface area contributed by atoms with Crippen molar-refractivity contribution < 1.29 is 19.1 Å². The van der Waals surface area contributed by atoms with Crippen molar-refractivity contribution >= 4 is 62.3 Å². The number of fused-ring (bicyclic) bond motifs is 1. The molecule has 0 spiro atoms. The van der Waals surface area contributed by atoms with Gasteiger partial charge in [0, 0.05) is 3.57 Å². The SMILES string of the molecule is CCOc1cc(/C=C2/SC(=O)N(Cc3cccc4ccccc34)C2=O)ccc1OCc1ccc(I)cc1. The Bertz CT molecular complexity index is 1490. The first-order valence-electron chi connectivity index (χ1n) is 11.9. The van der Waals surface area contributed by atoms with E-state index in [0.717, 1.165) is 39.2 Å². The van der Waals surface area contributed by atoms with Gasteiger partial charge >= 0.3 is 0 Å². The van der Waals surface area contributed by atoms with Crippen molar-refractivity contribution in [1.29, 1.82) is 0 Å². The van der Waals surface area contributed by atoms with Gasteiger partial charge in [-0.05, 0) is 99.1 Å². The summed E-state index contributed by atoms with van der Waals surface area (Å²) >= 11 is 3.23. The lowest BCUT2D eigenvalue weighted by molar-refractivity contribution is -0.123. The fourth-order valence-corrected chi connectivity index (χ4v) is 5.33. The molecule has 7 heteroatoms. The van der Waals surface area contributed by atoms with Crippen LogP contribution in [0.1, 0.15) is 23.6 Å². The number of hydrogen-bond donors (Lipinski definition) is 0. The van der Waals surface area contributed by atoms with Crippen molar-refractivity contribution in [3.8, 4) is 11.5 Å². The Morgan fingerprint density at radius 3 is 2.49 bits per heavy atom. The molecule has 1 aliphatic rings. The molecule has 186 valence electrons. The molecular formula is C30H24INO4S. The quantitative estimate of drug-likeness (QED) is 0.149. The van der Waals surface area contributed by atoms with E-state index < -0.39 is 0 Å². The Balaban J connectivity index is 1.34. The lowest BCUT2D eigenvalue weighted by atomic mass is 10.0. The minimum absolute atomic E-state index is 0.235. The molecule has 37 heavy (non-hydrogen) atoms. The molecule has 4 aromatic carbocycles. The van der Waals surface area contributed by atoms with Crippen molar-refractivity contribution in [2.75, 3.05) is 6.61 Å². The third kappa shape index (κ3) is 5.83. The Morgan fingerprint density at radius 2 is 1.68 bits per heavy atom. The van der Waals surface area contributed by atoms with Gasteiger partial charge in [0.15, 0.2) is 11.5 Å². The number of carbonyl (C=O) groups excluding carboxylic acids is 2. The van der Waals surface area contributed by atoms with E-state index in [-0.39, 0.29) is 17.7 Å². The van der Waals surface area contributed by atoms with Crippen molar-refractivity contribution in [3.63, 3.8) is 0 Å². The topological polar surface area (TPSA) is 55.8 Å². The molecule has 0 atom stereocenters. The largest absolute Gasteiger partial charge is 0.490 e. The Labute approximate surface area is 233 Å². The van der Waals surface area contributed by atoms with Gasteiger partial charge in [-0.3, -0.25) is 14.5 Å². The highest BCUT2D eigenvalue weighted by Gasteiger charge is 2.35. The fraction of sp³-hybridized carbons (Fsp3) is 0.133. The second kappa shape index (κ2) is 11.4. The summed E-state index contributed by atoms with van der Waals surface area (Å²) in [6.07, 6.45) is 1.74. The molecule has 5 rings (SSSR count). The summed E-state index contributed by atoms with van der Waals surface area (Å²) < 4.78 is 13.0. The van der Waals surface area contributed by atoms with Crippen LogP contribution in [-0.4, -0.2) is 22.7 Å². The monoisotopic (exact) mass is 621 g/mol. The van der Waals surface area contributed by atoms with Gasteiger partial charge in [-0.25, -0.2) is 0 Å². The zero-order chi connectivity index (χ0) is 25.8. The number of nitrogens with zero attached hydrogens (tertiary/aromatic N) is 1. The molecule has 1 aliphatic heterocycles. The molecule has 1 fully saturated rings. The summed E-state index contributed by atoms with van der Waals surface area (Å²) in [6, 6.07) is 27.6. The third-order valence-electron chi connectivity index (χ3n) is 5.95. The maximum absolute atomic E-state index is 13.2. The summed E-state index contributed by atoms with van der Waals surface area (Å²) in [5.74, 6) is 0.929. The Morgan fingerprint density at radius 1 is 0.892 bits per heavy atom. The number of imide groups is 1. The lowest BCUT2D eigenvalue weighted by Gasteiger charge is -2.14. The highest BCUT2D eigenvalue weighted by atomic mass is 127. The van der Waals surface area contributed by atoms with Crippen LogP contribution in [0.4, 0.5) is 4.79 Å².